The average Bonchev–Trinajstić information content (AvgIpc) is 2.13. The Bertz CT molecular complexity index is 238. The highest BCUT2D eigenvalue weighted by Gasteiger charge is 1.99. The molecule has 0 fully saturated rings. The van der Waals surface area contributed by atoms with Crippen LogP contribution in [-0.4, -0.2) is 9.97 Å². The molecule has 9 heavy (non-hydrogen) atoms. The van der Waals surface area contributed by atoms with Gasteiger partial charge in [0.15, 0.2) is 0 Å². The Morgan fingerprint density at radius 2 is 2.44 bits per heavy atom. The third-order valence-corrected chi connectivity index (χ3v) is 1.98. The maximum Gasteiger partial charge on any atom is 0.211 e. The van der Waals surface area contributed by atoms with Crippen molar-refractivity contribution in [2.75, 3.05) is 0 Å². The van der Waals surface area contributed by atoms with Crippen LogP contribution in [0.5, 0.6) is 0 Å². The largest absolute Gasteiger partial charge is 0.325 e. The smallest absolute Gasteiger partial charge is 0.211 e. The van der Waals surface area contributed by atoms with Crippen LogP contribution in [0.2, 0.25) is 0 Å². The van der Waals surface area contributed by atoms with Crippen LogP contribution in [0.3, 0.4) is 0 Å². The minimum Gasteiger partial charge on any atom is -0.325 e. The van der Waals surface area contributed by atoms with Gasteiger partial charge in [0.1, 0.15) is 9.77 Å². The zero-order valence-corrected chi connectivity index (χ0v) is 6.93. The molecule has 0 unspecified atom stereocenters. The number of rotatable bonds is 0. The van der Waals surface area contributed by atoms with Crippen molar-refractivity contribution < 1.29 is 0 Å². The normalized spacial score (nSPS) is 9.00. The summed E-state index contributed by atoms with van der Waals surface area (Å²) in [5, 5.41) is 8.33. The Labute approximate surface area is 66.2 Å². The molecule has 0 aliphatic carbocycles. The summed E-state index contributed by atoms with van der Waals surface area (Å²) in [6, 6.07) is 1.92. The number of nitrogens with one attached hydrogen (secondary N) is 1. The van der Waals surface area contributed by atoms with Crippen LogP contribution in [0.4, 0.5) is 0 Å². The second-order valence-corrected chi connectivity index (χ2v) is 2.68. The van der Waals surface area contributed by atoms with E-state index in [1.807, 2.05) is 13.0 Å². The van der Waals surface area contributed by atoms with E-state index in [0.29, 0.717) is 5.82 Å². The van der Waals surface area contributed by atoms with Gasteiger partial charge in [-0.25, -0.2) is 4.98 Å². The fourth-order valence-corrected chi connectivity index (χ4v) is 0.868. The molecule has 3 nitrogen and oxygen atoms in total. The molecule has 0 aliphatic heterocycles. The first-order chi connectivity index (χ1) is 4.24. The third-order valence-electron chi connectivity index (χ3n) is 0.931. The molecule has 4 heteroatoms. The van der Waals surface area contributed by atoms with Crippen molar-refractivity contribution in [3.8, 4) is 6.07 Å². The minimum absolute atomic E-state index is 0.386. The van der Waals surface area contributed by atoms with Gasteiger partial charge in [0.05, 0.1) is 5.69 Å². The minimum atomic E-state index is 0.386. The summed E-state index contributed by atoms with van der Waals surface area (Å²) in [4.78, 5) is 6.71. The average molecular weight is 233 g/mol. The number of aryl methyl sites for hydroxylation is 1. The molecule has 0 aromatic carbocycles. The van der Waals surface area contributed by atoms with Crippen molar-refractivity contribution in [1.82, 2.24) is 9.97 Å². The summed E-state index contributed by atoms with van der Waals surface area (Å²) in [5.74, 6) is 0.386. The second kappa shape index (κ2) is 2.35. The van der Waals surface area contributed by atoms with Crippen LogP contribution in [0.15, 0.2) is 0 Å². The van der Waals surface area contributed by atoms with Crippen molar-refractivity contribution in [3.05, 3.63) is 15.2 Å². The van der Waals surface area contributed by atoms with E-state index in [0.717, 1.165) is 9.39 Å². The summed E-state index contributed by atoms with van der Waals surface area (Å²) >= 11 is 2.10. The van der Waals surface area contributed by atoms with Crippen molar-refractivity contribution in [2.24, 2.45) is 0 Å². The number of aromatic nitrogens is 2. The van der Waals surface area contributed by atoms with Gasteiger partial charge in [0.25, 0.3) is 0 Å². The summed E-state index contributed by atoms with van der Waals surface area (Å²) in [5.41, 5.74) is 0.882. The number of imidazole rings is 1. The number of aromatic amines is 1. The number of hydrogen-bond acceptors (Lipinski definition) is 2. The molecule has 1 N–H and O–H groups in total. The quantitative estimate of drug-likeness (QED) is 0.684. The molecule has 1 aromatic rings. The Kier molecular flexibility index (Phi) is 1.71. The van der Waals surface area contributed by atoms with Crippen LogP contribution in [0.25, 0.3) is 0 Å². The predicted molar refractivity (Wildman–Crippen MR) is 40.8 cm³/mol. The third kappa shape index (κ3) is 1.21. The summed E-state index contributed by atoms with van der Waals surface area (Å²) in [7, 11) is 0. The van der Waals surface area contributed by atoms with Crippen LogP contribution in [0, 0.1) is 22.0 Å². The van der Waals surface area contributed by atoms with E-state index in [1.165, 1.54) is 0 Å². The van der Waals surface area contributed by atoms with Crippen LogP contribution >= 0.6 is 22.6 Å². The lowest BCUT2D eigenvalue weighted by Crippen LogP contribution is -1.73. The Balaban J connectivity index is 3.16. The number of nitriles is 1. The van der Waals surface area contributed by atoms with Gasteiger partial charge in [-0.3, -0.25) is 0 Å². The molecule has 0 spiro atoms. The number of H-pyrrole nitrogens is 1. The van der Waals surface area contributed by atoms with Crippen molar-refractivity contribution >= 4 is 22.6 Å². The monoisotopic (exact) mass is 233 g/mol. The summed E-state index contributed by atoms with van der Waals surface area (Å²) in [6.45, 7) is 1.86. The Morgan fingerprint density at radius 1 is 1.78 bits per heavy atom. The van der Waals surface area contributed by atoms with Crippen molar-refractivity contribution in [1.29, 1.82) is 5.26 Å². The van der Waals surface area contributed by atoms with E-state index in [9.17, 15) is 0 Å². The van der Waals surface area contributed by atoms with Crippen molar-refractivity contribution in [3.63, 3.8) is 0 Å². The molecule has 0 amide bonds. The lowest BCUT2D eigenvalue weighted by atomic mass is 10.6. The van der Waals surface area contributed by atoms with E-state index >= 15 is 0 Å². The van der Waals surface area contributed by atoms with Gasteiger partial charge >= 0.3 is 0 Å². The Hall–Kier alpha value is -0.570. The molecule has 0 radical (unpaired) electrons. The SMILES string of the molecule is Cc1nc(C#N)[nH]c1I. The number of hydrogen-bond donors (Lipinski definition) is 1. The van der Waals surface area contributed by atoms with E-state index < -0.39 is 0 Å². The highest BCUT2D eigenvalue weighted by Crippen LogP contribution is 2.05. The number of nitrogens with zero attached hydrogens (tertiary/aromatic N) is 2. The van der Waals surface area contributed by atoms with E-state index in [4.69, 9.17) is 5.26 Å². The van der Waals surface area contributed by atoms with Crippen LogP contribution in [-0.2, 0) is 0 Å². The zero-order chi connectivity index (χ0) is 6.85. The molecule has 0 atom stereocenters. The lowest BCUT2D eigenvalue weighted by molar-refractivity contribution is 1.19. The first-order valence-corrected chi connectivity index (χ1v) is 3.44. The highest BCUT2D eigenvalue weighted by atomic mass is 127. The maximum atomic E-state index is 8.33. The van der Waals surface area contributed by atoms with Gasteiger partial charge < -0.3 is 4.98 Å². The molecule has 0 bridgehead atoms. The lowest BCUT2D eigenvalue weighted by Gasteiger charge is -1.76. The molecular formula is C5H4IN3. The molecule has 0 saturated heterocycles. The van der Waals surface area contributed by atoms with E-state index in [2.05, 4.69) is 32.6 Å². The molecule has 1 heterocycles. The van der Waals surface area contributed by atoms with Gasteiger partial charge in [0, 0.05) is 0 Å². The van der Waals surface area contributed by atoms with Gasteiger partial charge in [0.2, 0.25) is 5.82 Å². The molecule has 1 rings (SSSR count). The molecule has 0 saturated carbocycles. The second-order valence-electron chi connectivity index (χ2n) is 1.60. The van der Waals surface area contributed by atoms with E-state index in [1.54, 1.807) is 0 Å². The fraction of sp³-hybridized carbons (Fsp3) is 0.200. The molecule has 0 aliphatic rings. The summed E-state index contributed by atoms with van der Waals surface area (Å²) < 4.78 is 0.934. The van der Waals surface area contributed by atoms with Crippen LogP contribution in [0.1, 0.15) is 11.5 Å². The molecule has 46 valence electrons. The van der Waals surface area contributed by atoms with Gasteiger partial charge in [-0.1, -0.05) is 0 Å². The molecular weight excluding hydrogens is 229 g/mol. The number of halogens is 1. The Morgan fingerprint density at radius 3 is 2.67 bits per heavy atom. The van der Waals surface area contributed by atoms with Gasteiger partial charge in [-0.15, -0.1) is 0 Å². The fourth-order valence-electron chi connectivity index (χ4n) is 0.492. The summed E-state index contributed by atoms with van der Waals surface area (Å²) in [6.07, 6.45) is 0. The van der Waals surface area contributed by atoms with Gasteiger partial charge in [-0.2, -0.15) is 5.26 Å². The van der Waals surface area contributed by atoms with Crippen molar-refractivity contribution in [2.45, 2.75) is 6.92 Å². The zero-order valence-electron chi connectivity index (χ0n) is 4.77. The highest BCUT2D eigenvalue weighted by molar-refractivity contribution is 14.1. The topological polar surface area (TPSA) is 52.5 Å². The van der Waals surface area contributed by atoms with Gasteiger partial charge in [-0.05, 0) is 29.5 Å². The maximum absolute atomic E-state index is 8.33. The van der Waals surface area contributed by atoms with Crippen LogP contribution < -0.4 is 0 Å². The first-order valence-electron chi connectivity index (χ1n) is 2.36. The standard InChI is InChI=1S/C5H4IN3/c1-3-5(6)9-4(2-7)8-3/h1H3,(H,8,9). The predicted octanol–water partition coefficient (Wildman–Crippen LogP) is 1.19. The molecule has 1 aromatic heterocycles. The van der Waals surface area contributed by atoms with E-state index in [-0.39, 0.29) is 0 Å². The first kappa shape index (κ1) is 6.55.